The first-order valence-corrected chi connectivity index (χ1v) is 6.94. The molecule has 0 aliphatic carbocycles. The summed E-state index contributed by atoms with van der Waals surface area (Å²) < 4.78 is 7.04. The summed E-state index contributed by atoms with van der Waals surface area (Å²) in [6.45, 7) is 4.54. The van der Waals surface area contributed by atoms with Crippen molar-refractivity contribution >= 4 is 5.91 Å². The standard InChI is InChI=1S/C15H20N4O2/c1-11(2)21-13-6-4-12(5-7-13)8-9-16-15(20)14-17-10-18-19(14)3/h4-7,10-11H,8-9H2,1-3H3,(H,16,20). The van der Waals surface area contributed by atoms with Crippen LogP contribution in [0.1, 0.15) is 30.0 Å². The zero-order valence-electron chi connectivity index (χ0n) is 12.5. The zero-order valence-corrected chi connectivity index (χ0v) is 12.5. The summed E-state index contributed by atoms with van der Waals surface area (Å²) in [6, 6.07) is 7.90. The second kappa shape index (κ2) is 6.88. The van der Waals surface area contributed by atoms with Crippen LogP contribution in [0.3, 0.4) is 0 Å². The summed E-state index contributed by atoms with van der Waals surface area (Å²) in [6.07, 6.45) is 2.29. The minimum atomic E-state index is -0.213. The molecule has 0 fully saturated rings. The van der Waals surface area contributed by atoms with Gasteiger partial charge in [-0.1, -0.05) is 12.1 Å². The van der Waals surface area contributed by atoms with Gasteiger partial charge in [-0.05, 0) is 38.0 Å². The van der Waals surface area contributed by atoms with Gasteiger partial charge in [-0.3, -0.25) is 4.79 Å². The molecule has 0 aliphatic heterocycles. The van der Waals surface area contributed by atoms with Gasteiger partial charge in [-0.25, -0.2) is 9.67 Å². The van der Waals surface area contributed by atoms with E-state index >= 15 is 0 Å². The molecular formula is C15H20N4O2. The molecule has 112 valence electrons. The highest BCUT2D eigenvalue weighted by Crippen LogP contribution is 2.13. The molecule has 0 unspecified atom stereocenters. The maximum absolute atomic E-state index is 11.8. The zero-order chi connectivity index (χ0) is 15.2. The summed E-state index contributed by atoms with van der Waals surface area (Å²) in [5.41, 5.74) is 1.14. The highest BCUT2D eigenvalue weighted by molar-refractivity contribution is 5.90. The van der Waals surface area contributed by atoms with Crippen molar-refractivity contribution in [2.75, 3.05) is 6.54 Å². The van der Waals surface area contributed by atoms with Crippen molar-refractivity contribution in [3.63, 3.8) is 0 Å². The van der Waals surface area contributed by atoms with Crippen LogP contribution >= 0.6 is 0 Å². The second-order valence-electron chi connectivity index (χ2n) is 5.02. The molecule has 0 spiro atoms. The van der Waals surface area contributed by atoms with Crippen LogP contribution in [0.4, 0.5) is 0 Å². The summed E-state index contributed by atoms with van der Waals surface area (Å²) in [4.78, 5) is 15.7. The number of nitrogens with zero attached hydrogens (tertiary/aromatic N) is 3. The van der Waals surface area contributed by atoms with E-state index in [0.29, 0.717) is 12.4 Å². The Bertz CT molecular complexity index is 590. The Morgan fingerprint density at radius 3 is 2.62 bits per heavy atom. The van der Waals surface area contributed by atoms with E-state index in [1.54, 1.807) is 7.05 Å². The number of carbonyl (C=O) groups is 1. The van der Waals surface area contributed by atoms with E-state index in [4.69, 9.17) is 4.74 Å². The Labute approximate surface area is 124 Å². The van der Waals surface area contributed by atoms with Crippen LogP contribution in [-0.4, -0.2) is 33.3 Å². The van der Waals surface area contributed by atoms with Gasteiger partial charge in [-0.2, -0.15) is 5.10 Å². The van der Waals surface area contributed by atoms with Crippen molar-refractivity contribution in [1.82, 2.24) is 20.1 Å². The topological polar surface area (TPSA) is 69.0 Å². The average Bonchev–Trinajstić information content (AvgIpc) is 2.86. The lowest BCUT2D eigenvalue weighted by Crippen LogP contribution is -2.28. The van der Waals surface area contributed by atoms with Crippen molar-refractivity contribution in [2.45, 2.75) is 26.4 Å². The lowest BCUT2D eigenvalue weighted by Gasteiger charge is -2.10. The number of aromatic nitrogens is 3. The molecule has 0 saturated heterocycles. The minimum Gasteiger partial charge on any atom is -0.491 e. The van der Waals surface area contributed by atoms with E-state index < -0.39 is 0 Å². The lowest BCUT2D eigenvalue weighted by atomic mass is 10.1. The van der Waals surface area contributed by atoms with Gasteiger partial charge < -0.3 is 10.1 Å². The number of hydrogen-bond donors (Lipinski definition) is 1. The fourth-order valence-electron chi connectivity index (χ4n) is 1.91. The summed E-state index contributed by atoms with van der Waals surface area (Å²) in [5, 5.41) is 6.70. The van der Waals surface area contributed by atoms with Crippen molar-refractivity contribution < 1.29 is 9.53 Å². The van der Waals surface area contributed by atoms with Gasteiger partial charge in [0.05, 0.1) is 6.10 Å². The van der Waals surface area contributed by atoms with Gasteiger partial charge in [-0.15, -0.1) is 0 Å². The predicted octanol–water partition coefficient (Wildman–Crippen LogP) is 1.57. The molecule has 6 heteroatoms. The van der Waals surface area contributed by atoms with Gasteiger partial charge in [0.2, 0.25) is 5.82 Å². The average molecular weight is 288 g/mol. The Balaban J connectivity index is 1.81. The molecule has 0 saturated carbocycles. The quantitative estimate of drug-likeness (QED) is 0.876. The maximum Gasteiger partial charge on any atom is 0.288 e. The Morgan fingerprint density at radius 2 is 2.05 bits per heavy atom. The molecule has 1 amide bonds. The van der Waals surface area contributed by atoms with Crippen LogP contribution in [0.25, 0.3) is 0 Å². The third-order valence-corrected chi connectivity index (χ3v) is 2.91. The Kier molecular flexibility index (Phi) is 4.92. The molecule has 1 heterocycles. The molecule has 6 nitrogen and oxygen atoms in total. The van der Waals surface area contributed by atoms with E-state index in [1.807, 2.05) is 38.1 Å². The third-order valence-electron chi connectivity index (χ3n) is 2.91. The number of benzene rings is 1. The first kappa shape index (κ1) is 15.0. The van der Waals surface area contributed by atoms with Crippen LogP contribution in [0.15, 0.2) is 30.6 Å². The second-order valence-corrected chi connectivity index (χ2v) is 5.02. The number of ether oxygens (including phenoxy) is 1. The fourth-order valence-corrected chi connectivity index (χ4v) is 1.91. The van der Waals surface area contributed by atoms with Crippen LogP contribution in [0.5, 0.6) is 5.75 Å². The van der Waals surface area contributed by atoms with E-state index in [0.717, 1.165) is 17.7 Å². The molecule has 0 atom stereocenters. The smallest absolute Gasteiger partial charge is 0.288 e. The number of aryl methyl sites for hydroxylation is 1. The first-order valence-electron chi connectivity index (χ1n) is 6.94. The lowest BCUT2D eigenvalue weighted by molar-refractivity contribution is 0.0939. The highest BCUT2D eigenvalue weighted by Gasteiger charge is 2.10. The Morgan fingerprint density at radius 1 is 1.33 bits per heavy atom. The van der Waals surface area contributed by atoms with Gasteiger partial charge in [0.15, 0.2) is 0 Å². The number of nitrogens with one attached hydrogen (secondary N) is 1. The molecular weight excluding hydrogens is 268 g/mol. The van der Waals surface area contributed by atoms with Crippen molar-refractivity contribution in [2.24, 2.45) is 7.05 Å². The predicted molar refractivity (Wildman–Crippen MR) is 79.2 cm³/mol. The molecule has 0 radical (unpaired) electrons. The van der Waals surface area contributed by atoms with Crippen LogP contribution in [0.2, 0.25) is 0 Å². The number of amides is 1. The van der Waals surface area contributed by atoms with Gasteiger partial charge in [0.1, 0.15) is 12.1 Å². The molecule has 21 heavy (non-hydrogen) atoms. The maximum atomic E-state index is 11.8. The van der Waals surface area contributed by atoms with E-state index in [2.05, 4.69) is 15.4 Å². The molecule has 1 N–H and O–H groups in total. The molecule has 2 aromatic rings. The van der Waals surface area contributed by atoms with Gasteiger partial charge in [0.25, 0.3) is 5.91 Å². The van der Waals surface area contributed by atoms with Gasteiger partial charge in [0, 0.05) is 13.6 Å². The molecule has 2 rings (SSSR count). The van der Waals surface area contributed by atoms with Crippen LogP contribution < -0.4 is 10.1 Å². The van der Waals surface area contributed by atoms with E-state index in [-0.39, 0.29) is 12.0 Å². The number of hydrogen-bond acceptors (Lipinski definition) is 4. The first-order chi connectivity index (χ1) is 10.1. The summed E-state index contributed by atoms with van der Waals surface area (Å²) in [5.74, 6) is 0.960. The molecule has 1 aromatic carbocycles. The number of rotatable bonds is 6. The normalized spacial score (nSPS) is 10.7. The third kappa shape index (κ3) is 4.30. The molecule has 0 aliphatic rings. The van der Waals surface area contributed by atoms with E-state index in [9.17, 15) is 4.79 Å². The minimum absolute atomic E-state index is 0.168. The van der Waals surface area contributed by atoms with Crippen LogP contribution in [0, 0.1) is 0 Å². The van der Waals surface area contributed by atoms with Crippen molar-refractivity contribution in [3.8, 4) is 5.75 Å². The SMILES string of the molecule is CC(C)Oc1ccc(CCNC(=O)c2ncnn2C)cc1. The number of carbonyl (C=O) groups excluding carboxylic acids is 1. The van der Waals surface area contributed by atoms with E-state index in [1.165, 1.54) is 11.0 Å². The largest absolute Gasteiger partial charge is 0.491 e. The monoisotopic (exact) mass is 288 g/mol. The molecule has 1 aromatic heterocycles. The fraction of sp³-hybridized carbons (Fsp3) is 0.400. The van der Waals surface area contributed by atoms with Crippen molar-refractivity contribution in [3.05, 3.63) is 42.0 Å². The highest BCUT2D eigenvalue weighted by atomic mass is 16.5. The van der Waals surface area contributed by atoms with Crippen LogP contribution in [-0.2, 0) is 13.5 Å². The van der Waals surface area contributed by atoms with Gasteiger partial charge >= 0.3 is 0 Å². The summed E-state index contributed by atoms with van der Waals surface area (Å²) >= 11 is 0. The molecule has 0 bridgehead atoms. The summed E-state index contributed by atoms with van der Waals surface area (Å²) in [7, 11) is 1.69. The Hall–Kier alpha value is -2.37. The van der Waals surface area contributed by atoms with Crippen molar-refractivity contribution in [1.29, 1.82) is 0 Å².